The Balaban J connectivity index is 1.71. The van der Waals surface area contributed by atoms with Gasteiger partial charge in [0.25, 0.3) is 6.10 Å². The summed E-state index contributed by atoms with van der Waals surface area (Å²) in [5.41, 5.74) is 3.43. The lowest BCUT2D eigenvalue weighted by Crippen LogP contribution is -2.47. The maximum Gasteiger partial charge on any atom is 0.434 e. The summed E-state index contributed by atoms with van der Waals surface area (Å²) in [5, 5.41) is 21.2. The van der Waals surface area contributed by atoms with Gasteiger partial charge in [-0.2, -0.15) is 26.3 Å². The topological polar surface area (TPSA) is 76.0 Å². The summed E-state index contributed by atoms with van der Waals surface area (Å²) in [6.45, 7) is 6.85. The van der Waals surface area contributed by atoms with Crippen LogP contribution in [-0.2, 0) is 14.3 Å². The summed E-state index contributed by atoms with van der Waals surface area (Å²) in [5.74, 6) is -3.85. The van der Waals surface area contributed by atoms with Gasteiger partial charge < -0.3 is 19.7 Å². The van der Waals surface area contributed by atoms with E-state index in [4.69, 9.17) is 4.74 Å². The molecule has 0 aliphatic heterocycles. The van der Waals surface area contributed by atoms with Crippen molar-refractivity contribution in [3.8, 4) is 0 Å². The third kappa shape index (κ3) is 6.49. The zero-order chi connectivity index (χ0) is 27.8. The largest absolute Gasteiger partial charge is 0.441 e. The molecule has 0 spiro atoms. The smallest absolute Gasteiger partial charge is 0.434 e. The highest BCUT2D eigenvalue weighted by atomic mass is 19.4. The molecule has 0 aromatic heterocycles. The molecule has 3 aliphatic carbocycles. The molecule has 1 unspecified atom stereocenters. The second-order valence-corrected chi connectivity index (χ2v) is 10.2. The van der Waals surface area contributed by atoms with Crippen molar-refractivity contribution < 1.29 is 50.8 Å². The second kappa shape index (κ2) is 10.6. The summed E-state index contributed by atoms with van der Waals surface area (Å²) in [7, 11) is 0. The van der Waals surface area contributed by atoms with Crippen LogP contribution in [-0.4, -0.2) is 53.1 Å². The fraction of sp³-hybridized carbons (Fsp3) is 0.654. The van der Waals surface area contributed by atoms with Gasteiger partial charge in [-0.15, -0.1) is 0 Å². The number of aliphatic hydroxyl groups excluding tert-OH is 1. The van der Waals surface area contributed by atoms with Gasteiger partial charge in [0.05, 0.1) is 6.10 Å². The molecule has 3 rings (SSSR count). The number of halogens is 6. The third-order valence-electron chi connectivity index (χ3n) is 7.69. The normalized spacial score (nSPS) is 33.2. The van der Waals surface area contributed by atoms with Crippen LogP contribution >= 0.6 is 0 Å². The molecule has 0 aromatic rings. The standard InChI is InChI=1S/C26H32F6O5/c1-4-18-9-10-19-16(6-5-11-23(18,19)3)7-8-17-12-24(35,13-20(33)15(17)2)36-14-21(34)37-22(25(27,28)29)26(30,31)32/h7-9,19-20,22,33,35H,2,4-6,10-14H2,1,3H3/t19-,20?,23+,24-/m0/s1. The average molecular weight is 539 g/mol. The van der Waals surface area contributed by atoms with E-state index >= 15 is 0 Å². The highest BCUT2D eigenvalue weighted by Gasteiger charge is 2.60. The number of carbonyl (C=O) groups is 1. The Labute approximate surface area is 211 Å². The van der Waals surface area contributed by atoms with Crippen LogP contribution in [0.3, 0.4) is 0 Å². The highest BCUT2D eigenvalue weighted by molar-refractivity contribution is 5.71. The Morgan fingerprint density at radius 1 is 1.24 bits per heavy atom. The van der Waals surface area contributed by atoms with Crippen LogP contribution in [0.25, 0.3) is 0 Å². The maximum atomic E-state index is 12.6. The first-order chi connectivity index (χ1) is 17.0. The SMILES string of the molecule is C=C1C(=CC=C2CCC[C@]3(C)C(CC)=CC[C@@H]23)C[C@](O)(OCC(=O)OC(C(F)(F)F)C(F)(F)F)CC1O. The molecule has 0 heterocycles. The molecule has 0 amide bonds. The number of hydrogen-bond acceptors (Lipinski definition) is 5. The van der Waals surface area contributed by atoms with E-state index in [1.807, 2.05) is 6.08 Å². The number of esters is 1. The quantitative estimate of drug-likeness (QED) is 0.192. The zero-order valence-corrected chi connectivity index (χ0v) is 20.7. The molecule has 37 heavy (non-hydrogen) atoms. The van der Waals surface area contributed by atoms with Crippen LogP contribution in [0.2, 0.25) is 0 Å². The van der Waals surface area contributed by atoms with Crippen LogP contribution in [0, 0.1) is 11.3 Å². The molecule has 0 aromatic carbocycles. The van der Waals surface area contributed by atoms with E-state index in [2.05, 4.69) is 31.2 Å². The first-order valence-electron chi connectivity index (χ1n) is 12.2. The van der Waals surface area contributed by atoms with E-state index in [9.17, 15) is 41.4 Å². The minimum atomic E-state index is -5.87. The van der Waals surface area contributed by atoms with Crippen molar-refractivity contribution in [1.82, 2.24) is 0 Å². The van der Waals surface area contributed by atoms with Crippen molar-refractivity contribution in [1.29, 1.82) is 0 Å². The van der Waals surface area contributed by atoms with Gasteiger partial charge in [0.15, 0.2) is 5.79 Å². The van der Waals surface area contributed by atoms with Crippen molar-refractivity contribution >= 4 is 5.97 Å². The number of ether oxygens (including phenoxy) is 2. The minimum Gasteiger partial charge on any atom is -0.441 e. The maximum absolute atomic E-state index is 12.6. The van der Waals surface area contributed by atoms with Gasteiger partial charge >= 0.3 is 18.3 Å². The van der Waals surface area contributed by atoms with Gasteiger partial charge in [-0.05, 0) is 54.6 Å². The van der Waals surface area contributed by atoms with Crippen molar-refractivity contribution in [3.05, 3.63) is 47.1 Å². The molecule has 2 fully saturated rings. The Hall–Kier alpha value is -2.11. The lowest BCUT2D eigenvalue weighted by Gasteiger charge is -2.41. The highest BCUT2D eigenvalue weighted by Crippen LogP contribution is 2.55. The summed E-state index contributed by atoms with van der Waals surface area (Å²) in [6.07, 6.45) is -7.30. The molecule has 0 radical (unpaired) electrons. The molecule has 2 saturated carbocycles. The van der Waals surface area contributed by atoms with Crippen LogP contribution in [0.1, 0.15) is 58.8 Å². The predicted molar refractivity (Wildman–Crippen MR) is 122 cm³/mol. The molecule has 11 heteroatoms. The van der Waals surface area contributed by atoms with E-state index in [-0.39, 0.29) is 11.8 Å². The van der Waals surface area contributed by atoms with Gasteiger partial charge in [0.2, 0.25) is 0 Å². The number of fused-ring (bicyclic) bond motifs is 1. The minimum absolute atomic E-state index is 0.0787. The van der Waals surface area contributed by atoms with Gasteiger partial charge in [-0.3, -0.25) is 0 Å². The van der Waals surface area contributed by atoms with E-state index in [0.717, 1.165) is 32.1 Å². The van der Waals surface area contributed by atoms with Gasteiger partial charge in [0, 0.05) is 12.8 Å². The van der Waals surface area contributed by atoms with E-state index in [1.54, 1.807) is 6.08 Å². The Kier molecular flexibility index (Phi) is 8.41. The predicted octanol–water partition coefficient (Wildman–Crippen LogP) is 5.84. The Bertz CT molecular complexity index is 980. The number of rotatable bonds is 6. The Morgan fingerprint density at radius 3 is 2.49 bits per heavy atom. The van der Waals surface area contributed by atoms with Crippen LogP contribution in [0.4, 0.5) is 26.3 Å². The first kappa shape index (κ1) is 29.4. The number of allylic oxidation sites excluding steroid dienone is 5. The lowest BCUT2D eigenvalue weighted by molar-refractivity contribution is -0.315. The fourth-order valence-corrected chi connectivity index (χ4v) is 5.74. The summed E-state index contributed by atoms with van der Waals surface area (Å²) < 4.78 is 84.3. The fourth-order valence-electron chi connectivity index (χ4n) is 5.74. The molecule has 3 aliphatic rings. The molecule has 0 saturated heterocycles. The third-order valence-corrected chi connectivity index (χ3v) is 7.69. The number of alkyl halides is 6. The van der Waals surface area contributed by atoms with E-state index in [0.29, 0.717) is 17.1 Å². The summed E-state index contributed by atoms with van der Waals surface area (Å²) >= 11 is 0. The van der Waals surface area contributed by atoms with Gasteiger partial charge in [-0.1, -0.05) is 49.8 Å². The van der Waals surface area contributed by atoms with Gasteiger partial charge in [-0.25, -0.2) is 4.79 Å². The van der Waals surface area contributed by atoms with Crippen molar-refractivity contribution in [2.75, 3.05) is 6.61 Å². The molecular weight excluding hydrogens is 506 g/mol. The average Bonchev–Trinajstić information content (AvgIpc) is 3.12. The second-order valence-electron chi connectivity index (χ2n) is 10.2. The number of aliphatic hydroxyl groups is 2. The van der Waals surface area contributed by atoms with E-state index < -0.39 is 49.3 Å². The molecule has 4 atom stereocenters. The molecule has 5 nitrogen and oxygen atoms in total. The van der Waals surface area contributed by atoms with Crippen molar-refractivity contribution in [2.24, 2.45) is 11.3 Å². The van der Waals surface area contributed by atoms with Crippen molar-refractivity contribution in [2.45, 2.75) is 89.1 Å². The zero-order valence-electron chi connectivity index (χ0n) is 20.7. The Morgan fingerprint density at radius 2 is 1.89 bits per heavy atom. The van der Waals surface area contributed by atoms with Crippen molar-refractivity contribution in [3.63, 3.8) is 0 Å². The summed E-state index contributed by atoms with van der Waals surface area (Å²) in [4.78, 5) is 11.7. The van der Waals surface area contributed by atoms with Crippen LogP contribution < -0.4 is 0 Å². The monoisotopic (exact) mass is 538 g/mol. The number of carbonyl (C=O) groups excluding carboxylic acids is 1. The van der Waals surface area contributed by atoms with Gasteiger partial charge in [0.1, 0.15) is 6.61 Å². The first-order valence-corrected chi connectivity index (χ1v) is 12.2. The molecule has 2 N–H and O–H groups in total. The van der Waals surface area contributed by atoms with E-state index in [1.165, 1.54) is 11.1 Å². The number of hydrogen-bond donors (Lipinski definition) is 2. The lowest BCUT2D eigenvalue weighted by atomic mass is 9.64. The summed E-state index contributed by atoms with van der Waals surface area (Å²) in [6, 6.07) is 0. The molecule has 208 valence electrons. The molecular formula is C26H32F6O5. The van der Waals surface area contributed by atoms with Crippen LogP contribution in [0.5, 0.6) is 0 Å². The van der Waals surface area contributed by atoms with Crippen LogP contribution in [0.15, 0.2) is 47.1 Å². The molecule has 0 bridgehead atoms.